The minimum Gasteiger partial charge on any atom is -0.316 e. The molecule has 1 aliphatic heterocycles. The predicted molar refractivity (Wildman–Crippen MR) is 33.7 cm³/mol. The lowest BCUT2D eigenvalue weighted by molar-refractivity contribution is 0.509. The molecule has 0 unspecified atom stereocenters. The number of nitrogens with one attached hydrogen (secondary N) is 1. The highest BCUT2D eigenvalue weighted by molar-refractivity contribution is 4.85. The lowest BCUT2D eigenvalue weighted by atomic mass is 10.0. The summed E-state index contributed by atoms with van der Waals surface area (Å²) in [4.78, 5) is 0. The van der Waals surface area contributed by atoms with Gasteiger partial charge in [0.1, 0.15) is 0 Å². The van der Waals surface area contributed by atoms with Gasteiger partial charge in [-0.05, 0) is 44.2 Å². The van der Waals surface area contributed by atoms with E-state index in [-0.39, 0.29) is 0 Å². The summed E-state index contributed by atoms with van der Waals surface area (Å²) in [6, 6.07) is 0. The monoisotopic (exact) mass is 111 g/mol. The molecule has 46 valence electrons. The molecule has 1 atom stereocenters. The molecule has 1 heteroatoms. The van der Waals surface area contributed by atoms with Crippen molar-refractivity contribution < 1.29 is 0 Å². The summed E-state index contributed by atoms with van der Waals surface area (Å²) in [6.07, 6.45) is 4.49. The first-order valence-corrected chi connectivity index (χ1v) is 3.67. The molecule has 1 N–H and O–H groups in total. The molecular weight excluding hydrogens is 98.1 g/mol. The van der Waals surface area contributed by atoms with Gasteiger partial charge in [0, 0.05) is 0 Å². The molecule has 8 heavy (non-hydrogen) atoms. The van der Waals surface area contributed by atoms with Gasteiger partial charge in [0.25, 0.3) is 0 Å². The van der Waals surface area contributed by atoms with E-state index in [2.05, 4.69) is 5.32 Å². The van der Waals surface area contributed by atoms with Gasteiger partial charge in [-0.3, -0.25) is 0 Å². The van der Waals surface area contributed by atoms with Gasteiger partial charge in [-0.1, -0.05) is 0 Å². The molecule has 1 heterocycles. The van der Waals surface area contributed by atoms with E-state index in [9.17, 15) is 0 Å². The van der Waals surface area contributed by atoms with Gasteiger partial charge in [0.2, 0.25) is 0 Å². The summed E-state index contributed by atoms with van der Waals surface area (Å²) in [5.41, 5.74) is 0. The molecule has 0 amide bonds. The lowest BCUT2D eigenvalue weighted by Gasteiger charge is -2.01. The molecule has 1 saturated carbocycles. The molecule has 0 aromatic carbocycles. The minimum atomic E-state index is 1.06. The van der Waals surface area contributed by atoms with E-state index in [0.29, 0.717) is 0 Å². The van der Waals surface area contributed by atoms with Crippen molar-refractivity contribution in [3.8, 4) is 0 Å². The van der Waals surface area contributed by atoms with Gasteiger partial charge in [-0.15, -0.1) is 0 Å². The van der Waals surface area contributed by atoms with Gasteiger partial charge in [0.15, 0.2) is 0 Å². The van der Waals surface area contributed by atoms with Gasteiger partial charge in [-0.2, -0.15) is 0 Å². The fourth-order valence-corrected chi connectivity index (χ4v) is 1.65. The zero-order valence-electron chi connectivity index (χ0n) is 5.19. The lowest BCUT2D eigenvalue weighted by Crippen LogP contribution is -2.09. The molecule has 2 aliphatic rings. The first-order chi connectivity index (χ1) is 3.97. The van der Waals surface area contributed by atoms with Crippen LogP contribution in [-0.2, 0) is 0 Å². The quantitative estimate of drug-likeness (QED) is 0.532. The fraction of sp³-hybridized carbons (Fsp3) is 1.00. The maximum atomic E-state index is 3.39. The second-order valence-corrected chi connectivity index (χ2v) is 3.09. The van der Waals surface area contributed by atoms with E-state index in [1.807, 2.05) is 0 Å². The predicted octanol–water partition coefficient (Wildman–Crippen LogP) is 1.01. The van der Waals surface area contributed by atoms with Gasteiger partial charge in [-0.25, -0.2) is 0 Å². The summed E-state index contributed by atoms with van der Waals surface area (Å²) in [5, 5.41) is 3.39. The second-order valence-electron chi connectivity index (χ2n) is 3.09. The van der Waals surface area contributed by atoms with Crippen molar-refractivity contribution in [1.29, 1.82) is 0 Å². The molecule has 2 fully saturated rings. The topological polar surface area (TPSA) is 12.0 Å². The second kappa shape index (κ2) is 1.73. The molecule has 0 aromatic heterocycles. The Kier molecular flexibility index (Phi) is 1.04. The van der Waals surface area contributed by atoms with E-state index in [1.54, 1.807) is 0 Å². The van der Waals surface area contributed by atoms with Crippen molar-refractivity contribution in [2.24, 2.45) is 11.8 Å². The Labute approximate surface area is 50.5 Å². The Morgan fingerprint density at radius 3 is 2.38 bits per heavy atom. The molecule has 0 bridgehead atoms. The normalized spacial score (nSPS) is 38.2. The van der Waals surface area contributed by atoms with Crippen LogP contribution in [0.25, 0.3) is 0 Å². The van der Waals surface area contributed by atoms with Crippen LogP contribution in [0.4, 0.5) is 0 Å². The van der Waals surface area contributed by atoms with Crippen LogP contribution in [0.2, 0.25) is 0 Å². The average molecular weight is 111 g/mol. The van der Waals surface area contributed by atoms with E-state index in [1.165, 1.54) is 32.4 Å². The Bertz CT molecular complexity index is 80.4. The van der Waals surface area contributed by atoms with E-state index >= 15 is 0 Å². The highest BCUT2D eigenvalue weighted by atomic mass is 14.9. The molecule has 2 rings (SSSR count). The summed E-state index contributed by atoms with van der Waals surface area (Å²) >= 11 is 0. The van der Waals surface area contributed by atoms with Gasteiger partial charge in [0.05, 0.1) is 0 Å². The van der Waals surface area contributed by atoms with Crippen LogP contribution >= 0.6 is 0 Å². The van der Waals surface area contributed by atoms with Crippen molar-refractivity contribution in [3.05, 3.63) is 0 Å². The third kappa shape index (κ3) is 0.752. The Hall–Kier alpha value is -0.0400. The molecule has 1 nitrogen and oxygen atoms in total. The fourth-order valence-electron chi connectivity index (χ4n) is 1.65. The molecule has 1 saturated heterocycles. The SMILES string of the molecule is C1C[C@@H](C2CC2)CN1. The van der Waals surface area contributed by atoms with Gasteiger partial charge >= 0.3 is 0 Å². The minimum absolute atomic E-state index is 1.06. The highest BCUT2D eigenvalue weighted by Gasteiger charge is 2.32. The summed E-state index contributed by atoms with van der Waals surface area (Å²) in [7, 11) is 0. The first kappa shape index (κ1) is 4.80. The maximum Gasteiger partial charge on any atom is -0.00174 e. The van der Waals surface area contributed by atoms with E-state index in [0.717, 1.165) is 11.8 Å². The summed E-state index contributed by atoms with van der Waals surface area (Å²) < 4.78 is 0. The van der Waals surface area contributed by atoms with Crippen molar-refractivity contribution in [3.63, 3.8) is 0 Å². The molecule has 0 spiro atoms. The number of hydrogen-bond acceptors (Lipinski definition) is 1. The zero-order valence-corrected chi connectivity index (χ0v) is 5.19. The standard InChI is InChI=1S/C7H13N/c1-2-6(1)7-3-4-8-5-7/h6-8H,1-5H2/t7-/m1/s1. The molecule has 1 aliphatic carbocycles. The van der Waals surface area contributed by atoms with Crippen LogP contribution < -0.4 is 5.32 Å². The highest BCUT2D eigenvalue weighted by Crippen LogP contribution is 2.39. The van der Waals surface area contributed by atoms with Gasteiger partial charge < -0.3 is 5.32 Å². The van der Waals surface area contributed by atoms with Crippen molar-refractivity contribution in [1.82, 2.24) is 5.32 Å². The van der Waals surface area contributed by atoms with Crippen LogP contribution in [0.15, 0.2) is 0 Å². The van der Waals surface area contributed by atoms with Crippen LogP contribution in [0.3, 0.4) is 0 Å². The van der Waals surface area contributed by atoms with Crippen LogP contribution in [0.1, 0.15) is 19.3 Å². The Balaban J connectivity index is 1.86. The molecule has 0 aromatic rings. The maximum absolute atomic E-state index is 3.39. The molecule has 0 radical (unpaired) electrons. The zero-order chi connectivity index (χ0) is 5.40. The average Bonchev–Trinajstić information content (AvgIpc) is 2.49. The Morgan fingerprint density at radius 2 is 1.88 bits per heavy atom. The number of rotatable bonds is 1. The number of hydrogen-bond donors (Lipinski definition) is 1. The summed E-state index contributed by atoms with van der Waals surface area (Å²) in [5.74, 6) is 2.19. The third-order valence-electron chi connectivity index (χ3n) is 2.39. The Morgan fingerprint density at radius 1 is 1.00 bits per heavy atom. The van der Waals surface area contributed by atoms with Crippen molar-refractivity contribution >= 4 is 0 Å². The smallest absolute Gasteiger partial charge is 0.00174 e. The third-order valence-corrected chi connectivity index (χ3v) is 2.39. The van der Waals surface area contributed by atoms with Crippen LogP contribution in [0.5, 0.6) is 0 Å². The molecular formula is C7H13N. The van der Waals surface area contributed by atoms with Crippen LogP contribution in [0, 0.1) is 11.8 Å². The van der Waals surface area contributed by atoms with E-state index < -0.39 is 0 Å². The largest absolute Gasteiger partial charge is 0.316 e. The summed E-state index contributed by atoms with van der Waals surface area (Å²) in [6.45, 7) is 2.59. The van der Waals surface area contributed by atoms with Crippen molar-refractivity contribution in [2.75, 3.05) is 13.1 Å². The first-order valence-electron chi connectivity index (χ1n) is 3.67. The van der Waals surface area contributed by atoms with E-state index in [4.69, 9.17) is 0 Å². The van der Waals surface area contributed by atoms with Crippen molar-refractivity contribution in [2.45, 2.75) is 19.3 Å². The van der Waals surface area contributed by atoms with Crippen LogP contribution in [-0.4, -0.2) is 13.1 Å².